The maximum atomic E-state index is 13.7. The summed E-state index contributed by atoms with van der Waals surface area (Å²) in [5.41, 5.74) is 0.107. The topological polar surface area (TPSA) is 131 Å². The third-order valence-electron chi connectivity index (χ3n) is 6.12. The Morgan fingerprint density at radius 3 is 1.95 bits per heavy atom. The van der Waals surface area contributed by atoms with Crippen LogP contribution in [0.5, 0.6) is 0 Å². The Balaban J connectivity index is 1.60. The third kappa shape index (κ3) is 5.24. The predicted molar refractivity (Wildman–Crippen MR) is 136 cm³/mol. The lowest BCUT2D eigenvalue weighted by Gasteiger charge is -2.27. The molecule has 4 rings (SSSR count). The van der Waals surface area contributed by atoms with Gasteiger partial charge in [-0.2, -0.15) is 0 Å². The Labute approximate surface area is 218 Å². The lowest BCUT2D eigenvalue weighted by Crippen LogP contribution is -2.46. The number of esters is 2. The molecule has 2 N–H and O–H groups in total. The molecule has 0 unspecified atom stereocenters. The monoisotopic (exact) mass is 515 g/mol. The molecule has 0 aliphatic carbocycles. The van der Waals surface area contributed by atoms with E-state index < -0.39 is 41.9 Å². The van der Waals surface area contributed by atoms with E-state index in [1.807, 2.05) is 30.3 Å². The number of amides is 4. The van der Waals surface area contributed by atoms with E-state index in [-0.39, 0.29) is 23.2 Å². The van der Waals surface area contributed by atoms with E-state index in [4.69, 9.17) is 9.47 Å². The fourth-order valence-electron chi connectivity index (χ4n) is 4.33. The summed E-state index contributed by atoms with van der Waals surface area (Å²) in [6.45, 7) is -0.593. The fourth-order valence-corrected chi connectivity index (χ4v) is 4.33. The van der Waals surface area contributed by atoms with Gasteiger partial charge in [-0.15, -0.1) is 0 Å². The number of nitrogens with one attached hydrogen (secondary N) is 2. The first-order valence-electron chi connectivity index (χ1n) is 11.6. The molecule has 0 aromatic heterocycles. The summed E-state index contributed by atoms with van der Waals surface area (Å²) in [7, 11) is 2.36. The summed E-state index contributed by atoms with van der Waals surface area (Å²) in [4.78, 5) is 64.6. The van der Waals surface area contributed by atoms with Crippen LogP contribution in [-0.2, 0) is 31.0 Å². The van der Waals surface area contributed by atoms with Gasteiger partial charge in [-0.25, -0.2) is 14.4 Å². The molecule has 0 radical (unpaired) electrons. The van der Waals surface area contributed by atoms with Gasteiger partial charge in [0.2, 0.25) is 5.91 Å². The number of urea groups is 1. The zero-order valence-corrected chi connectivity index (χ0v) is 20.7. The average molecular weight is 516 g/mol. The van der Waals surface area contributed by atoms with Crippen LogP contribution >= 0.6 is 0 Å². The number of hydrogen-bond donors (Lipinski definition) is 2. The van der Waals surface area contributed by atoms with Crippen LogP contribution in [-0.4, -0.2) is 55.4 Å². The molecule has 1 fully saturated rings. The Bertz CT molecular complexity index is 1360. The van der Waals surface area contributed by atoms with E-state index in [1.54, 1.807) is 30.3 Å². The van der Waals surface area contributed by atoms with Crippen LogP contribution in [0.4, 0.5) is 10.5 Å². The quantitative estimate of drug-likeness (QED) is 0.348. The number of anilines is 1. The highest BCUT2D eigenvalue weighted by Crippen LogP contribution is 2.33. The highest BCUT2D eigenvalue weighted by atomic mass is 16.5. The Morgan fingerprint density at radius 1 is 0.842 bits per heavy atom. The standard InChI is InChI=1S/C28H25N3O7/c1-37-24(33)19-13-20(25(34)38-2)15-22(14-19)29-23(32)17-31-26(35)28(30-27(31)36,21-11-7-4-8-12-21)16-18-9-5-3-6-10-18/h3-15H,16-17H2,1-2H3,(H,29,32)(H,30,36)/t28-/m1/s1. The molecule has 0 spiro atoms. The van der Waals surface area contributed by atoms with Crippen molar-refractivity contribution in [3.05, 3.63) is 101 Å². The van der Waals surface area contributed by atoms with Crippen molar-refractivity contribution in [2.45, 2.75) is 12.0 Å². The number of ether oxygens (including phenoxy) is 2. The number of imide groups is 1. The third-order valence-corrected chi connectivity index (χ3v) is 6.12. The molecule has 3 aromatic rings. The van der Waals surface area contributed by atoms with E-state index >= 15 is 0 Å². The molecule has 3 aromatic carbocycles. The van der Waals surface area contributed by atoms with Crippen molar-refractivity contribution in [1.82, 2.24) is 10.2 Å². The summed E-state index contributed by atoms with van der Waals surface area (Å²) in [5, 5.41) is 5.34. The number of methoxy groups -OCH3 is 2. The van der Waals surface area contributed by atoms with Gasteiger partial charge >= 0.3 is 18.0 Å². The zero-order valence-electron chi connectivity index (χ0n) is 20.7. The van der Waals surface area contributed by atoms with E-state index in [0.29, 0.717) is 5.56 Å². The van der Waals surface area contributed by atoms with Gasteiger partial charge in [-0.1, -0.05) is 60.7 Å². The van der Waals surface area contributed by atoms with Crippen molar-refractivity contribution >= 4 is 35.5 Å². The van der Waals surface area contributed by atoms with Crippen LogP contribution in [0, 0.1) is 0 Å². The van der Waals surface area contributed by atoms with Gasteiger partial charge in [0.1, 0.15) is 6.54 Å². The van der Waals surface area contributed by atoms with Crippen LogP contribution in [0.15, 0.2) is 78.9 Å². The lowest BCUT2D eigenvalue weighted by molar-refractivity contribution is -0.134. The fraction of sp³-hybridized carbons (Fsp3) is 0.179. The number of carbonyl (C=O) groups is 5. The van der Waals surface area contributed by atoms with Crippen molar-refractivity contribution in [3.63, 3.8) is 0 Å². The SMILES string of the molecule is COC(=O)c1cc(NC(=O)CN2C(=O)N[C@](Cc3ccccc3)(c3ccccc3)C2=O)cc(C(=O)OC)c1. The number of benzene rings is 3. The van der Waals surface area contributed by atoms with Crippen LogP contribution in [0.3, 0.4) is 0 Å². The maximum Gasteiger partial charge on any atom is 0.337 e. The summed E-state index contributed by atoms with van der Waals surface area (Å²) in [6.07, 6.45) is 0.185. The summed E-state index contributed by atoms with van der Waals surface area (Å²) in [6, 6.07) is 21.2. The highest BCUT2D eigenvalue weighted by molar-refractivity contribution is 6.11. The average Bonchev–Trinajstić information content (AvgIpc) is 3.17. The zero-order chi connectivity index (χ0) is 27.3. The minimum absolute atomic E-state index is 0.00616. The first kappa shape index (κ1) is 26.1. The van der Waals surface area contributed by atoms with E-state index in [0.717, 1.165) is 10.5 Å². The second kappa shape index (κ2) is 11.0. The van der Waals surface area contributed by atoms with E-state index in [1.165, 1.54) is 32.4 Å². The highest BCUT2D eigenvalue weighted by Gasteiger charge is 2.52. The molecule has 0 saturated carbocycles. The maximum absolute atomic E-state index is 13.7. The molecule has 0 bridgehead atoms. The number of nitrogens with zero attached hydrogens (tertiary/aromatic N) is 1. The van der Waals surface area contributed by atoms with Crippen molar-refractivity contribution in [2.24, 2.45) is 0 Å². The number of hydrogen-bond acceptors (Lipinski definition) is 7. The van der Waals surface area contributed by atoms with Crippen molar-refractivity contribution < 1.29 is 33.4 Å². The second-order valence-corrected chi connectivity index (χ2v) is 8.59. The Morgan fingerprint density at radius 2 is 1.39 bits per heavy atom. The van der Waals surface area contributed by atoms with Crippen LogP contribution in [0.25, 0.3) is 0 Å². The molecule has 4 amide bonds. The van der Waals surface area contributed by atoms with Gasteiger partial charge in [0.15, 0.2) is 5.54 Å². The molecule has 1 aliphatic rings. The first-order valence-corrected chi connectivity index (χ1v) is 11.6. The Hall–Kier alpha value is -4.99. The van der Waals surface area contributed by atoms with Crippen molar-refractivity contribution in [3.8, 4) is 0 Å². The molecule has 38 heavy (non-hydrogen) atoms. The minimum atomic E-state index is -1.40. The van der Waals surface area contributed by atoms with Gasteiger partial charge in [0.25, 0.3) is 5.91 Å². The van der Waals surface area contributed by atoms with Crippen molar-refractivity contribution in [2.75, 3.05) is 26.1 Å². The normalized spacial score (nSPS) is 16.5. The van der Waals surface area contributed by atoms with Gasteiger partial charge < -0.3 is 20.1 Å². The van der Waals surface area contributed by atoms with Crippen LogP contribution in [0.2, 0.25) is 0 Å². The molecule has 1 atom stereocenters. The van der Waals surface area contributed by atoms with Gasteiger partial charge in [0.05, 0.1) is 25.3 Å². The largest absolute Gasteiger partial charge is 0.465 e. The summed E-state index contributed by atoms with van der Waals surface area (Å²) in [5.74, 6) is -2.75. The molecule has 1 heterocycles. The lowest BCUT2D eigenvalue weighted by atomic mass is 9.83. The molecule has 10 nitrogen and oxygen atoms in total. The molecule has 10 heteroatoms. The molecular formula is C28H25N3O7. The minimum Gasteiger partial charge on any atom is -0.465 e. The summed E-state index contributed by atoms with van der Waals surface area (Å²) < 4.78 is 9.41. The molecular weight excluding hydrogens is 490 g/mol. The second-order valence-electron chi connectivity index (χ2n) is 8.59. The smallest absolute Gasteiger partial charge is 0.337 e. The van der Waals surface area contributed by atoms with Crippen LogP contribution < -0.4 is 10.6 Å². The number of rotatable bonds is 8. The summed E-state index contributed by atoms with van der Waals surface area (Å²) >= 11 is 0. The van der Waals surface area contributed by atoms with Gasteiger partial charge in [-0.3, -0.25) is 14.5 Å². The molecule has 1 saturated heterocycles. The van der Waals surface area contributed by atoms with Gasteiger partial charge in [0, 0.05) is 12.1 Å². The predicted octanol–water partition coefficient (Wildman–Crippen LogP) is 2.89. The van der Waals surface area contributed by atoms with Crippen molar-refractivity contribution in [1.29, 1.82) is 0 Å². The van der Waals surface area contributed by atoms with E-state index in [9.17, 15) is 24.0 Å². The number of carbonyl (C=O) groups excluding carboxylic acids is 5. The first-order chi connectivity index (χ1) is 18.3. The van der Waals surface area contributed by atoms with E-state index in [2.05, 4.69) is 10.6 Å². The Kier molecular flexibility index (Phi) is 7.52. The molecule has 1 aliphatic heterocycles. The van der Waals surface area contributed by atoms with Crippen LogP contribution in [0.1, 0.15) is 31.8 Å². The molecule has 194 valence electrons. The van der Waals surface area contributed by atoms with Gasteiger partial charge in [-0.05, 0) is 29.3 Å².